The average molecular weight is 199 g/mol. The number of carboxylic acids is 1. The maximum Gasteiger partial charge on any atom is 0.331 e. The van der Waals surface area contributed by atoms with Crippen LogP contribution in [-0.2, 0) is 9.53 Å². The Bertz CT molecular complexity index is 232. The zero-order chi connectivity index (χ0) is 10.6. The van der Waals surface area contributed by atoms with Crippen LogP contribution in [0.4, 0.5) is 0 Å². The molecule has 1 heterocycles. The minimum atomic E-state index is -0.842. The molecule has 1 rings (SSSR count). The number of hydrogen-bond acceptors (Lipinski definition) is 3. The molecule has 0 spiro atoms. The Balaban J connectivity index is 2.51. The van der Waals surface area contributed by atoms with Crippen LogP contribution in [0.1, 0.15) is 13.8 Å². The molecule has 0 saturated carbocycles. The van der Waals surface area contributed by atoms with Crippen molar-refractivity contribution in [2.75, 3.05) is 26.3 Å². The second-order valence-corrected chi connectivity index (χ2v) is 3.54. The molecule has 4 heteroatoms. The van der Waals surface area contributed by atoms with Crippen LogP contribution in [0, 0.1) is 0 Å². The summed E-state index contributed by atoms with van der Waals surface area (Å²) < 4.78 is 5.22. The van der Waals surface area contributed by atoms with Crippen LogP contribution in [-0.4, -0.2) is 48.3 Å². The molecule has 0 bridgehead atoms. The zero-order valence-electron chi connectivity index (χ0n) is 8.69. The van der Waals surface area contributed by atoms with Gasteiger partial charge in [-0.2, -0.15) is 0 Å². The standard InChI is InChI=1S/C10H17NO3/c1-8(10(12)13)7-9(2)11-3-5-14-6-4-11/h7,9H,3-6H2,1-2H3,(H,12,13). The van der Waals surface area contributed by atoms with Gasteiger partial charge in [0.1, 0.15) is 0 Å². The van der Waals surface area contributed by atoms with Gasteiger partial charge in [0.25, 0.3) is 0 Å². The first-order chi connectivity index (χ1) is 6.61. The third-order valence-electron chi connectivity index (χ3n) is 2.45. The molecule has 1 aliphatic rings. The smallest absolute Gasteiger partial charge is 0.331 e. The van der Waals surface area contributed by atoms with E-state index < -0.39 is 5.97 Å². The molecular weight excluding hydrogens is 182 g/mol. The van der Waals surface area contributed by atoms with Crippen molar-refractivity contribution in [1.29, 1.82) is 0 Å². The van der Waals surface area contributed by atoms with Gasteiger partial charge in [-0.15, -0.1) is 0 Å². The summed E-state index contributed by atoms with van der Waals surface area (Å²) in [6.45, 7) is 6.88. The van der Waals surface area contributed by atoms with E-state index in [1.807, 2.05) is 6.92 Å². The SMILES string of the molecule is CC(=CC(C)N1CCOCC1)C(=O)O. The van der Waals surface area contributed by atoms with E-state index in [0.29, 0.717) is 5.57 Å². The van der Waals surface area contributed by atoms with Crippen molar-refractivity contribution < 1.29 is 14.6 Å². The lowest BCUT2D eigenvalue weighted by atomic mass is 10.2. The molecule has 1 N–H and O–H groups in total. The van der Waals surface area contributed by atoms with Gasteiger partial charge >= 0.3 is 5.97 Å². The highest BCUT2D eigenvalue weighted by molar-refractivity contribution is 5.85. The summed E-state index contributed by atoms with van der Waals surface area (Å²) in [4.78, 5) is 12.8. The largest absolute Gasteiger partial charge is 0.478 e. The van der Waals surface area contributed by atoms with Gasteiger partial charge in [-0.1, -0.05) is 6.08 Å². The van der Waals surface area contributed by atoms with Crippen molar-refractivity contribution in [2.24, 2.45) is 0 Å². The van der Waals surface area contributed by atoms with E-state index in [4.69, 9.17) is 9.84 Å². The van der Waals surface area contributed by atoms with E-state index in [0.717, 1.165) is 26.3 Å². The van der Waals surface area contributed by atoms with E-state index in [9.17, 15) is 4.79 Å². The zero-order valence-corrected chi connectivity index (χ0v) is 8.69. The van der Waals surface area contributed by atoms with Crippen molar-refractivity contribution in [2.45, 2.75) is 19.9 Å². The molecular formula is C10H17NO3. The first-order valence-electron chi connectivity index (χ1n) is 4.85. The lowest BCUT2D eigenvalue weighted by Gasteiger charge is -2.30. The Labute approximate surface area is 84.2 Å². The van der Waals surface area contributed by atoms with Crippen molar-refractivity contribution in [3.8, 4) is 0 Å². The van der Waals surface area contributed by atoms with E-state index in [1.54, 1.807) is 13.0 Å². The first kappa shape index (κ1) is 11.2. The molecule has 4 nitrogen and oxygen atoms in total. The van der Waals surface area contributed by atoms with E-state index >= 15 is 0 Å². The maximum atomic E-state index is 10.6. The van der Waals surface area contributed by atoms with Crippen LogP contribution >= 0.6 is 0 Å². The van der Waals surface area contributed by atoms with Crippen LogP contribution in [0.3, 0.4) is 0 Å². The Morgan fingerprint density at radius 3 is 2.57 bits per heavy atom. The number of carbonyl (C=O) groups is 1. The normalized spacial score (nSPS) is 22.0. The summed E-state index contributed by atoms with van der Waals surface area (Å²) in [5.41, 5.74) is 0.406. The van der Waals surface area contributed by atoms with Crippen molar-refractivity contribution in [3.05, 3.63) is 11.6 Å². The van der Waals surface area contributed by atoms with Crippen molar-refractivity contribution >= 4 is 5.97 Å². The highest BCUT2D eigenvalue weighted by atomic mass is 16.5. The molecule has 0 aromatic heterocycles. The summed E-state index contributed by atoms with van der Waals surface area (Å²) in [5, 5.41) is 8.72. The van der Waals surface area contributed by atoms with Gasteiger partial charge in [-0.3, -0.25) is 4.90 Å². The number of aliphatic carboxylic acids is 1. The number of nitrogens with zero attached hydrogens (tertiary/aromatic N) is 1. The molecule has 80 valence electrons. The Morgan fingerprint density at radius 2 is 2.07 bits per heavy atom. The number of ether oxygens (including phenoxy) is 1. The van der Waals surface area contributed by atoms with Crippen molar-refractivity contribution in [3.63, 3.8) is 0 Å². The Hall–Kier alpha value is -0.870. The Kier molecular flexibility index (Phi) is 4.10. The summed E-state index contributed by atoms with van der Waals surface area (Å²) in [7, 11) is 0. The quantitative estimate of drug-likeness (QED) is 0.681. The fourth-order valence-electron chi connectivity index (χ4n) is 1.52. The molecule has 0 aromatic carbocycles. The number of carboxylic acid groups (broad SMARTS) is 1. The van der Waals surface area contributed by atoms with Crippen LogP contribution in [0.25, 0.3) is 0 Å². The second-order valence-electron chi connectivity index (χ2n) is 3.54. The summed E-state index contributed by atoms with van der Waals surface area (Å²) in [6, 6.07) is 0.176. The molecule has 0 radical (unpaired) electrons. The summed E-state index contributed by atoms with van der Waals surface area (Å²) >= 11 is 0. The minimum Gasteiger partial charge on any atom is -0.478 e. The molecule has 0 amide bonds. The number of rotatable bonds is 3. The highest BCUT2D eigenvalue weighted by Crippen LogP contribution is 2.07. The van der Waals surface area contributed by atoms with Gasteiger partial charge < -0.3 is 9.84 Å². The minimum absolute atomic E-state index is 0.176. The third kappa shape index (κ3) is 3.12. The maximum absolute atomic E-state index is 10.6. The highest BCUT2D eigenvalue weighted by Gasteiger charge is 2.15. The number of hydrogen-bond donors (Lipinski definition) is 1. The molecule has 14 heavy (non-hydrogen) atoms. The molecule has 0 aromatic rings. The predicted octanol–water partition coefficient (Wildman–Crippen LogP) is 0.738. The second kappa shape index (κ2) is 5.12. The van der Waals surface area contributed by atoms with Gasteiger partial charge in [-0.25, -0.2) is 4.79 Å². The summed E-state index contributed by atoms with van der Waals surface area (Å²) in [6.07, 6.45) is 1.79. The number of morpholine rings is 1. The fourth-order valence-corrected chi connectivity index (χ4v) is 1.52. The topological polar surface area (TPSA) is 49.8 Å². The van der Waals surface area contributed by atoms with Gasteiger partial charge in [-0.05, 0) is 13.8 Å². The monoisotopic (exact) mass is 199 g/mol. The predicted molar refractivity (Wildman–Crippen MR) is 53.2 cm³/mol. The molecule has 1 saturated heterocycles. The lowest BCUT2D eigenvalue weighted by Crippen LogP contribution is -2.41. The molecule has 0 aliphatic carbocycles. The van der Waals surface area contributed by atoms with Gasteiger partial charge in [0, 0.05) is 24.7 Å². The van der Waals surface area contributed by atoms with Gasteiger partial charge in [0.15, 0.2) is 0 Å². The molecule has 1 aliphatic heterocycles. The lowest BCUT2D eigenvalue weighted by molar-refractivity contribution is -0.132. The molecule has 1 unspecified atom stereocenters. The van der Waals surface area contributed by atoms with E-state index in [-0.39, 0.29) is 6.04 Å². The fraction of sp³-hybridized carbons (Fsp3) is 0.700. The molecule has 1 fully saturated rings. The Morgan fingerprint density at radius 1 is 1.50 bits per heavy atom. The van der Waals surface area contributed by atoms with Crippen LogP contribution < -0.4 is 0 Å². The van der Waals surface area contributed by atoms with Gasteiger partial charge in [0.2, 0.25) is 0 Å². The third-order valence-corrected chi connectivity index (χ3v) is 2.45. The molecule has 1 atom stereocenters. The van der Waals surface area contributed by atoms with E-state index in [1.165, 1.54) is 0 Å². The van der Waals surface area contributed by atoms with E-state index in [2.05, 4.69) is 4.90 Å². The average Bonchev–Trinajstić information content (AvgIpc) is 2.19. The van der Waals surface area contributed by atoms with Crippen LogP contribution in [0.15, 0.2) is 11.6 Å². The van der Waals surface area contributed by atoms with Gasteiger partial charge in [0.05, 0.1) is 13.2 Å². The van der Waals surface area contributed by atoms with Crippen LogP contribution in [0.2, 0.25) is 0 Å². The van der Waals surface area contributed by atoms with Crippen molar-refractivity contribution in [1.82, 2.24) is 4.90 Å². The first-order valence-corrected chi connectivity index (χ1v) is 4.85. The van der Waals surface area contributed by atoms with Crippen LogP contribution in [0.5, 0.6) is 0 Å². The summed E-state index contributed by atoms with van der Waals surface area (Å²) in [5.74, 6) is -0.842.